The van der Waals surface area contributed by atoms with Gasteiger partial charge in [-0.05, 0) is 0 Å². The number of nitrogens with one attached hydrogen (secondary N) is 1. The quantitative estimate of drug-likeness (QED) is 0.292. The van der Waals surface area contributed by atoms with Gasteiger partial charge in [0, 0.05) is 0 Å². The van der Waals surface area contributed by atoms with Gasteiger partial charge in [0.05, 0.1) is 12.9 Å². The van der Waals surface area contributed by atoms with E-state index in [0.717, 1.165) is 17.2 Å². The number of rotatable bonds is 3. The molecule has 1 saturated heterocycles. The Balaban J connectivity index is -0.000000180. The SMILES string of the molecule is O.O.O.O.O.O.O.O.O=C(O)[C@@]1(n2cnc3c(=O)[nH]cnc32)O[C@H](CO)[C@@H](O)[C@H]1O. The third-order valence-corrected chi connectivity index (χ3v) is 3.62. The molecule has 0 aliphatic carbocycles. The van der Waals surface area contributed by atoms with E-state index in [1.807, 2.05) is 0 Å². The molecule has 0 spiro atoms. The highest BCUT2D eigenvalue weighted by Gasteiger charge is 2.61. The minimum absolute atomic E-state index is 0. The van der Waals surface area contributed by atoms with E-state index in [1.54, 1.807) is 0 Å². The molecular weight excluding hydrogens is 428 g/mol. The Labute approximate surface area is 165 Å². The zero-order valence-electron chi connectivity index (χ0n) is 14.9. The van der Waals surface area contributed by atoms with Gasteiger partial charge in [0.2, 0.25) is 0 Å². The lowest BCUT2D eigenvalue weighted by Gasteiger charge is -2.28. The highest BCUT2D eigenvalue weighted by Crippen LogP contribution is 2.37. The van der Waals surface area contributed by atoms with Gasteiger partial charge in [0.15, 0.2) is 11.2 Å². The van der Waals surface area contributed by atoms with Gasteiger partial charge in [-0.3, -0.25) is 9.36 Å². The zero-order valence-corrected chi connectivity index (χ0v) is 14.9. The molecule has 21 N–H and O–H groups in total. The van der Waals surface area contributed by atoms with E-state index in [4.69, 9.17) is 9.84 Å². The Morgan fingerprint density at radius 3 is 2.07 bits per heavy atom. The van der Waals surface area contributed by atoms with Crippen molar-refractivity contribution >= 4 is 17.1 Å². The summed E-state index contributed by atoms with van der Waals surface area (Å²) in [5, 5.41) is 38.7. The topological polar surface area (TPSA) is 423 Å². The van der Waals surface area contributed by atoms with Crippen LogP contribution in [0.25, 0.3) is 11.2 Å². The molecule has 0 unspecified atom stereocenters. The van der Waals surface area contributed by atoms with Crippen LogP contribution in [0, 0.1) is 0 Å². The molecule has 4 atom stereocenters. The molecular formula is C11H28N4O15. The second-order valence-corrected chi connectivity index (χ2v) is 4.79. The Morgan fingerprint density at radius 2 is 1.63 bits per heavy atom. The van der Waals surface area contributed by atoms with E-state index in [2.05, 4.69) is 15.0 Å². The van der Waals surface area contributed by atoms with Gasteiger partial charge in [-0.2, -0.15) is 0 Å². The van der Waals surface area contributed by atoms with E-state index in [-0.39, 0.29) is 55.0 Å². The molecule has 3 heterocycles. The fraction of sp³-hybridized carbons (Fsp3) is 0.455. The number of aromatic nitrogens is 4. The van der Waals surface area contributed by atoms with Crippen molar-refractivity contribution in [2.45, 2.75) is 24.0 Å². The summed E-state index contributed by atoms with van der Waals surface area (Å²) in [6.45, 7) is -0.700. The maximum absolute atomic E-state index is 11.7. The Kier molecular flexibility index (Phi) is 19.9. The van der Waals surface area contributed by atoms with Crippen molar-refractivity contribution in [3.05, 3.63) is 23.0 Å². The molecule has 0 bridgehead atoms. The first kappa shape index (κ1) is 41.7. The number of carboxylic acids is 1. The van der Waals surface area contributed by atoms with Gasteiger partial charge < -0.3 is 74.0 Å². The fourth-order valence-corrected chi connectivity index (χ4v) is 2.52. The van der Waals surface area contributed by atoms with Crippen LogP contribution in [0.3, 0.4) is 0 Å². The number of aliphatic carboxylic acids is 1. The summed E-state index contributed by atoms with van der Waals surface area (Å²) >= 11 is 0. The van der Waals surface area contributed by atoms with Gasteiger partial charge in [-0.25, -0.2) is 14.8 Å². The van der Waals surface area contributed by atoms with Crippen molar-refractivity contribution in [3.8, 4) is 0 Å². The number of fused-ring (bicyclic) bond motifs is 1. The van der Waals surface area contributed by atoms with Crippen LogP contribution in [-0.4, -0.2) is 115 Å². The number of hydrogen-bond acceptors (Lipinski definition) is 8. The van der Waals surface area contributed by atoms with E-state index >= 15 is 0 Å². The lowest BCUT2D eigenvalue weighted by molar-refractivity contribution is -0.194. The third-order valence-electron chi connectivity index (χ3n) is 3.62. The van der Waals surface area contributed by atoms with Crippen molar-refractivity contribution in [3.63, 3.8) is 0 Å². The molecule has 19 nitrogen and oxygen atoms in total. The second-order valence-electron chi connectivity index (χ2n) is 4.79. The highest BCUT2D eigenvalue weighted by atomic mass is 16.6. The number of nitrogens with zero attached hydrogens (tertiary/aromatic N) is 3. The molecule has 3 rings (SSSR count). The van der Waals surface area contributed by atoms with Crippen LogP contribution in [0.15, 0.2) is 17.4 Å². The van der Waals surface area contributed by atoms with Crippen molar-refractivity contribution in [1.29, 1.82) is 0 Å². The monoisotopic (exact) mass is 456 g/mol. The van der Waals surface area contributed by atoms with E-state index < -0.39 is 42.2 Å². The molecule has 1 fully saturated rings. The van der Waals surface area contributed by atoms with Crippen LogP contribution >= 0.6 is 0 Å². The molecule has 30 heavy (non-hydrogen) atoms. The molecule has 0 radical (unpaired) electrons. The van der Waals surface area contributed by atoms with Gasteiger partial charge in [-0.15, -0.1) is 0 Å². The molecule has 2 aromatic rings. The Bertz CT molecular complexity index is 796. The van der Waals surface area contributed by atoms with Crippen LogP contribution in [-0.2, 0) is 15.3 Å². The van der Waals surface area contributed by atoms with Crippen LogP contribution in [0.5, 0.6) is 0 Å². The van der Waals surface area contributed by atoms with Gasteiger partial charge in [0.1, 0.15) is 24.6 Å². The average Bonchev–Trinajstić information content (AvgIpc) is 3.02. The smallest absolute Gasteiger partial charge is 0.361 e. The van der Waals surface area contributed by atoms with Crippen molar-refractivity contribution < 1.29 is 73.8 Å². The number of carboxylic acid groups (broad SMARTS) is 1. The lowest BCUT2D eigenvalue weighted by Crippen LogP contribution is -2.51. The number of imidazole rings is 1. The summed E-state index contributed by atoms with van der Waals surface area (Å²) in [4.78, 5) is 33.2. The average molecular weight is 456 g/mol. The minimum Gasteiger partial charge on any atom is -0.478 e. The highest BCUT2D eigenvalue weighted by molar-refractivity contribution is 5.80. The molecule has 182 valence electrons. The molecule has 2 aromatic heterocycles. The number of hydrogen-bond donors (Lipinski definition) is 5. The molecule has 0 aromatic carbocycles. The maximum atomic E-state index is 11.7. The first-order valence-electron chi connectivity index (χ1n) is 6.23. The minimum atomic E-state index is -2.46. The molecule has 0 amide bonds. The summed E-state index contributed by atoms with van der Waals surface area (Å²) in [5.74, 6) is -1.63. The summed E-state index contributed by atoms with van der Waals surface area (Å²) in [6, 6.07) is 0. The zero-order chi connectivity index (χ0) is 16.1. The summed E-state index contributed by atoms with van der Waals surface area (Å²) in [6.07, 6.45) is -2.84. The number of carbonyl (C=O) groups is 1. The predicted molar refractivity (Wildman–Crippen MR) is 96.6 cm³/mol. The van der Waals surface area contributed by atoms with Crippen LogP contribution < -0.4 is 5.56 Å². The number of aliphatic hydroxyl groups is 3. The first-order valence-corrected chi connectivity index (χ1v) is 6.23. The molecule has 19 heteroatoms. The summed E-state index contributed by atoms with van der Waals surface area (Å²) in [7, 11) is 0. The van der Waals surface area contributed by atoms with Gasteiger partial charge >= 0.3 is 5.97 Å². The molecule has 0 saturated carbocycles. The molecule has 1 aliphatic heterocycles. The largest absolute Gasteiger partial charge is 0.478 e. The third kappa shape index (κ3) is 5.28. The molecule has 1 aliphatic rings. The Morgan fingerprint density at radius 1 is 1.10 bits per heavy atom. The van der Waals surface area contributed by atoms with Crippen molar-refractivity contribution in [2.24, 2.45) is 0 Å². The predicted octanol–water partition coefficient (Wildman–Crippen LogP) is -9.63. The van der Waals surface area contributed by atoms with Gasteiger partial charge in [-0.1, -0.05) is 0 Å². The van der Waals surface area contributed by atoms with E-state index in [0.29, 0.717) is 0 Å². The fourth-order valence-electron chi connectivity index (χ4n) is 2.52. The number of aliphatic hydroxyl groups excluding tert-OH is 3. The van der Waals surface area contributed by atoms with Crippen LogP contribution in [0.4, 0.5) is 0 Å². The summed E-state index contributed by atoms with van der Waals surface area (Å²) in [5.41, 5.74) is -3.35. The van der Waals surface area contributed by atoms with Crippen molar-refractivity contribution in [2.75, 3.05) is 6.61 Å². The maximum Gasteiger partial charge on any atom is 0.361 e. The van der Waals surface area contributed by atoms with Gasteiger partial charge in [0.25, 0.3) is 11.3 Å². The van der Waals surface area contributed by atoms with Crippen LogP contribution in [0.1, 0.15) is 0 Å². The lowest BCUT2D eigenvalue weighted by atomic mass is 10.0. The Hall–Kier alpha value is -2.66. The normalized spacial score (nSPS) is 23.2. The number of aromatic amines is 1. The van der Waals surface area contributed by atoms with Crippen molar-refractivity contribution in [1.82, 2.24) is 19.5 Å². The second kappa shape index (κ2) is 14.3. The standard InChI is InChI=1S/C11H12N4O7.8H2O/c16-1-4-6(17)7(18)11(22-4,10(20)21)15-3-14-5-8(15)12-2-13-9(5)19;;;;;;;;/h2-4,6-7,16-18H,1H2,(H,20,21)(H,12,13,19);8*1H2/t4-,6-,7-,11+;;;;;;;;/m1......../s1. The summed E-state index contributed by atoms with van der Waals surface area (Å²) < 4.78 is 6.05. The number of H-pyrrole nitrogens is 1. The van der Waals surface area contributed by atoms with E-state index in [1.165, 1.54) is 0 Å². The number of ether oxygens (including phenoxy) is 1. The first-order chi connectivity index (χ1) is 10.4. The van der Waals surface area contributed by atoms with E-state index in [9.17, 15) is 24.9 Å². The van der Waals surface area contributed by atoms with Crippen LogP contribution in [0.2, 0.25) is 0 Å².